The summed E-state index contributed by atoms with van der Waals surface area (Å²) < 4.78 is 23.2. The third-order valence-corrected chi connectivity index (χ3v) is 5.34. The number of carbonyl (C=O) groups is 2. The lowest BCUT2D eigenvalue weighted by atomic mass is 10.1. The first kappa shape index (κ1) is 18.1. The van der Waals surface area contributed by atoms with E-state index in [9.17, 15) is 18.0 Å². The molecule has 1 saturated heterocycles. The van der Waals surface area contributed by atoms with Crippen LogP contribution < -0.4 is 10.2 Å². The summed E-state index contributed by atoms with van der Waals surface area (Å²) >= 11 is 0. The number of carbonyl (C=O) groups excluding carboxylic acids is 2. The summed E-state index contributed by atoms with van der Waals surface area (Å²) in [6, 6.07) is 13.5. The quantitative estimate of drug-likeness (QED) is 0.874. The lowest BCUT2D eigenvalue weighted by molar-refractivity contribution is -0.117. The fourth-order valence-corrected chi connectivity index (χ4v) is 3.58. The Hall–Kier alpha value is -2.67. The van der Waals surface area contributed by atoms with Gasteiger partial charge in [0, 0.05) is 30.6 Å². The van der Waals surface area contributed by atoms with E-state index < -0.39 is 9.84 Å². The molecule has 136 valence electrons. The smallest absolute Gasteiger partial charge is 0.228 e. The van der Waals surface area contributed by atoms with E-state index in [4.69, 9.17) is 0 Å². The predicted molar refractivity (Wildman–Crippen MR) is 99.9 cm³/mol. The molecule has 1 aliphatic heterocycles. The van der Waals surface area contributed by atoms with Crippen molar-refractivity contribution in [3.8, 4) is 0 Å². The number of hydrogen-bond donors (Lipinski definition) is 1. The summed E-state index contributed by atoms with van der Waals surface area (Å²) in [6.45, 7) is 0.731. The molecule has 0 bridgehead atoms. The van der Waals surface area contributed by atoms with Crippen molar-refractivity contribution in [1.82, 2.24) is 0 Å². The number of hydrogen-bond acceptors (Lipinski definition) is 4. The van der Waals surface area contributed by atoms with Gasteiger partial charge in [0.05, 0.1) is 11.3 Å². The minimum absolute atomic E-state index is 0.126. The molecule has 1 heterocycles. The molecule has 6 nitrogen and oxygen atoms in total. The predicted octanol–water partition coefficient (Wildman–Crippen LogP) is 2.40. The highest BCUT2D eigenvalue weighted by molar-refractivity contribution is 7.90. The van der Waals surface area contributed by atoms with Gasteiger partial charge in [-0.1, -0.05) is 18.2 Å². The van der Waals surface area contributed by atoms with Crippen molar-refractivity contribution < 1.29 is 18.0 Å². The van der Waals surface area contributed by atoms with E-state index in [1.165, 1.54) is 12.1 Å². The zero-order chi connectivity index (χ0) is 18.7. The molecule has 3 rings (SSSR count). The molecular weight excluding hydrogens is 352 g/mol. The number of benzene rings is 2. The van der Waals surface area contributed by atoms with Gasteiger partial charge in [0.2, 0.25) is 11.8 Å². The van der Waals surface area contributed by atoms with E-state index in [-0.39, 0.29) is 23.1 Å². The van der Waals surface area contributed by atoms with Crippen LogP contribution >= 0.6 is 0 Å². The molecule has 1 aliphatic rings. The van der Waals surface area contributed by atoms with Crippen LogP contribution in [-0.4, -0.2) is 33.0 Å². The van der Waals surface area contributed by atoms with Gasteiger partial charge in [0.15, 0.2) is 9.84 Å². The van der Waals surface area contributed by atoms with Crippen LogP contribution in [0.3, 0.4) is 0 Å². The maximum absolute atomic E-state index is 12.2. The molecule has 1 N–H and O–H groups in total. The van der Waals surface area contributed by atoms with Crippen molar-refractivity contribution in [1.29, 1.82) is 0 Å². The highest BCUT2D eigenvalue weighted by atomic mass is 32.2. The Morgan fingerprint density at radius 2 is 1.88 bits per heavy atom. The molecule has 0 saturated carbocycles. The Bertz CT molecular complexity index is 936. The van der Waals surface area contributed by atoms with Gasteiger partial charge in [0.1, 0.15) is 0 Å². The van der Waals surface area contributed by atoms with Crippen molar-refractivity contribution in [2.45, 2.75) is 24.2 Å². The van der Waals surface area contributed by atoms with E-state index in [1.54, 1.807) is 17.0 Å². The topological polar surface area (TPSA) is 83.6 Å². The van der Waals surface area contributed by atoms with Crippen molar-refractivity contribution in [3.63, 3.8) is 0 Å². The molecule has 2 aromatic rings. The second kappa shape index (κ2) is 7.29. The Morgan fingerprint density at radius 3 is 2.50 bits per heavy atom. The van der Waals surface area contributed by atoms with E-state index in [0.29, 0.717) is 12.1 Å². The summed E-state index contributed by atoms with van der Waals surface area (Å²) in [5.41, 5.74) is 2.10. The summed E-state index contributed by atoms with van der Waals surface area (Å²) in [5.74, 6) is -0.109. The first-order chi connectivity index (χ1) is 12.3. The van der Waals surface area contributed by atoms with Crippen LogP contribution in [0.4, 0.5) is 11.4 Å². The van der Waals surface area contributed by atoms with Crippen molar-refractivity contribution in [3.05, 3.63) is 54.1 Å². The second-order valence-corrected chi connectivity index (χ2v) is 8.36. The largest absolute Gasteiger partial charge is 0.326 e. The fourth-order valence-electron chi connectivity index (χ4n) is 2.91. The number of nitrogens with zero attached hydrogens (tertiary/aromatic N) is 1. The average molecular weight is 372 g/mol. The van der Waals surface area contributed by atoms with Crippen molar-refractivity contribution in [2.75, 3.05) is 23.0 Å². The van der Waals surface area contributed by atoms with Crippen molar-refractivity contribution in [2.24, 2.45) is 0 Å². The first-order valence-electron chi connectivity index (χ1n) is 8.32. The van der Waals surface area contributed by atoms with Gasteiger partial charge in [-0.15, -0.1) is 0 Å². The van der Waals surface area contributed by atoms with Gasteiger partial charge in [0.25, 0.3) is 0 Å². The van der Waals surface area contributed by atoms with Crippen molar-refractivity contribution >= 4 is 33.0 Å². The first-order valence-corrected chi connectivity index (χ1v) is 10.2. The fraction of sp³-hybridized carbons (Fsp3) is 0.263. The van der Waals surface area contributed by atoms with Crippen LogP contribution in [0.15, 0.2) is 53.4 Å². The maximum Gasteiger partial charge on any atom is 0.228 e. The van der Waals surface area contributed by atoms with Crippen LogP contribution in [0.25, 0.3) is 0 Å². The summed E-state index contributed by atoms with van der Waals surface area (Å²) in [4.78, 5) is 25.9. The zero-order valence-corrected chi connectivity index (χ0v) is 15.3. The maximum atomic E-state index is 12.2. The van der Waals surface area contributed by atoms with Gasteiger partial charge < -0.3 is 10.2 Å². The molecule has 7 heteroatoms. The summed E-state index contributed by atoms with van der Waals surface area (Å²) in [7, 11) is -3.32. The lowest BCUT2D eigenvalue weighted by Crippen LogP contribution is -2.23. The Morgan fingerprint density at radius 1 is 1.15 bits per heavy atom. The van der Waals surface area contributed by atoms with E-state index in [0.717, 1.165) is 30.5 Å². The Balaban J connectivity index is 1.64. The number of sulfone groups is 1. The molecule has 1 fully saturated rings. The van der Waals surface area contributed by atoms with Gasteiger partial charge >= 0.3 is 0 Å². The van der Waals surface area contributed by atoms with Crippen LogP contribution in [0, 0.1) is 0 Å². The molecule has 0 spiro atoms. The van der Waals surface area contributed by atoms with E-state index in [1.807, 2.05) is 24.3 Å². The van der Waals surface area contributed by atoms with Gasteiger partial charge in [-0.25, -0.2) is 8.42 Å². The molecule has 0 aliphatic carbocycles. The summed E-state index contributed by atoms with van der Waals surface area (Å²) in [6.07, 6.45) is 2.74. The van der Waals surface area contributed by atoms with Crippen LogP contribution in [0.2, 0.25) is 0 Å². The second-order valence-electron chi connectivity index (χ2n) is 6.34. The standard InChI is InChI=1S/C19H20N2O4S/c1-26(24,25)17-5-2-4-15(13-17)20-18(22)12-14-7-9-16(10-8-14)21-11-3-6-19(21)23/h2,4-5,7-10,13H,3,6,11-12H2,1H3,(H,20,22). The van der Waals surface area contributed by atoms with Gasteiger partial charge in [-0.05, 0) is 42.3 Å². The molecule has 0 aromatic heterocycles. The van der Waals surface area contributed by atoms with Crippen LogP contribution in [0.1, 0.15) is 18.4 Å². The van der Waals surface area contributed by atoms with Gasteiger partial charge in [-0.2, -0.15) is 0 Å². The third-order valence-electron chi connectivity index (χ3n) is 4.23. The van der Waals surface area contributed by atoms with Crippen LogP contribution in [0.5, 0.6) is 0 Å². The van der Waals surface area contributed by atoms with Crippen LogP contribution in [-0.2, 0) is 25.8 Å². The number of rotatable bonds is 5. The lowest BCUT2D eigenvalue weighted by Gasteiger charge is -2.15. The number of nitrogens with one attached hydrogen (secondary N) is 1. The Kier molecular flexibility index (Phi) is 5.08. The highest BCUT2D eigenvalue weighted by Gasteiger charge is 2.21. The zero-order valence-electron chi connectivity index (χ0n) is 14.4. The average Bonchev–Trinajstić information content (AvgIpc) is 3.01. The minimum atomic E-state index is -3.32. The Labute approximate surface area is 152 Å². The monoisotopic (exact) mass is 372 g/mol. The van der Waals surface area contributed by atoms with Gasteiger partial charge in [-0.3, -0.25) is 9.59 Å². The highest BCUT2D eigenvalue weighted by Crippen LogP contribution is 2.22. The molecule has 26 heavy (non-hydrogen) atoms. The summed E-state index contributed by atoms with van der Waals surface area (Å²) in [5, 5.41) is 2.71. The molecule has 2 aromatic carbocycles. The normalized spacial score (nSPS) is 14.5. The number of amides is 2. The molecule has 0 atom stereocenters. The SMILES string of the molecule is CS(=O)(=O)c1cccc(NC(=O)Cc2ccc(N3CCCC3=O)cc2)c1. The molecule has 0 unspecified atom stereocenters. The molecule has 2 amide bonds. The number of anilines is 2. The van der Waals surface area contributed by atoms with E-state index in [2.05, 4.69) is 5.32 Å². The third kappa shape index (κ3) is 4.29. The minimum Gasteiger partial charge on any atom is -0.326 e. The molecule has 0 radical (unpaired) electrons. The van der Waals surface area contributed by atoms with E-state index >= 15 is 0 Å². The molecular formula is C19H20N2O4S.